The zero-order valence-corrected chi connectivity index (χ0v) is 44.1. The monoisotopic (exact) mass is 882 g/mol. The van der Waals surface area contributed by atoms with Crippen LogP contribution in [-0.2, 0) is 0 Å². The topological polar surface area (TPSA) is 0 Å². The van der Waals surface area contributed by atoms with Gasteiger partial charge in [-0.25, -0.2) is 0 Å². The predicted molar refractivity (Wildman–Crippen MR) is 271 cm³/mol. The normalized spacial score (nSPS) is 13.5. The fraction of sp³-hybridized carbons (Fsp3) is 1.00. The lowest BCUT2D eigenvalue weighted by molar-refractivity contribution is 0.689. The summed E-state index contributed by atoms with van der Waals surface area (Å²) in [4.78, 5) is 0. The highest BCUT2D eigenvalue weighted by Gasteiger charge is 2.24. The van der Waals surface area contributed by atoms with Crippen molar-refractivity contribution in [2.45, 2.75) is 208 Å². The van der Waals surface area contributed by atoms with E-state index in [1.54, 1.807) is 85.1 Å². The van der Waals surface area contributed by atoms with Gasteiger partial charge in [0.2, 0.25) is 0 Å². The minimum atomic E-state index is -0.282. The molecule has 0 atom stereocenters. The first-order valence-electron chi connectivity index (χ1n) is 22.0. The summed E-state index contributed by atoms with van der Waals surface area (Å²) in [6.07, 6.45) is 35.3. The van der Waals surface area contributed by atoms with E-state index >= 15 is 0 Å². The molecule has 0 fully saturated rings. The summed E-state index contributed by atoms with van der Waals surface area (Å²) >= 11 is 0. The number of hydrogen-bond donors (Lipinski definition) is 0. The molecule has 0 N–H and O–H groups in total. The van der Waals surface area contributed by atoms with E-state index in [-0.39, 0.29) is 36.3 Å². The van der Waals surface area contributed by atoms with E-state index in [1.165, 1.54) is 127 Å². The van der Waals surface area contributed by atoms with Gasteiger partial charge in [0.1, 0.15) is 0 Å². The van der Waals surface area contributed by atoms with Crippen LogP contribution in [0.25, 0.3) is 0 Å². The van der Waals surface area contributed by atoms with E-state index in [9.17, 15) is 0 Å². The zero-order valence-electron chi connectivity index (χ0n) is 34.7. The second-order valence-electron chi connectivity index (χ2n) is 15.1. The maximum absolute atomic E-state index is 2.38. The van der Waals surface area contributed by atoms with E-state index < -0.39 is 0 Å². The van der Waals surface area contributed by atoms with Crippen molar-refractivity contribution in [3.8, 4) is 0 Å². The molecule has 0 unspecified atom stereocenters. The van der Waals surface area contributed by atoms with Crippen molar-refractivity contribution in [3.05, 3.63) is 0 Å². The van der Waals surface area contributed by atoms with Gasteiger partial charge in [-0.3, -0.25) is 19.0 Å². The summed E-state index contributed by atoms with van der Waals surface area (Å²) in [7, 11) is 12.2. The molecular weight excluding hydrogens is 793 g/mol. The van der Waals surface area contributed by atoms with Crippen molar-refractivity contribution in [1.29, 1.82) is 0 Å². The summed E-state index contributed by atoms with van der Waals surface area (Å²) < 4.78 is 0. The van der Waals surface area contributed by atoms with Crippen LogP contribution in [0.2, 0.25) is 12.1 Å². The molecule has 0 radical (unpaired) electrons. The summed E-state index contributed by atoms with van der Waals surface area (Å²) in [6.45, 7) is 14.3. The number of rotatable bonds is 43. The van der Waals surface area contributed by atoms with E-state index in [4.69, 9.17) is 0 Å². The van der Waals surface area contributed by atoms with Crippen LogP contribution < -0.4 is 0 Å². The van der Waals surface area contributed by atoms with Crippen molar-refractivity contribution < 1.29 is 0 Å². The van der Waals surface area contributed by atoms with Gasteiger partial charge in [0, 0.05) is 11.5 Å². The molecule has 0 saturated heterocycles. The molecule has 0 aliphatic heterocycles. The molecule has 0 rings (SSSR count). The van der Waals surface area contributed by atoms with Gasteiger partial charge in [0.05, 0.1) is 17.3 Å². The Morgan fingerprint density at radius 1 is 0.300 bits per heavy atom. The molecule has 0 bridgehead atoms. The van der Waals surface area contributed by atoms with Gasteiger partial charge in [0.15, 0.2) is 0 Å². The Morgan fingerprint density at radius 3 is 0.760 bits per heavy atom. The highest BCUT2D eigenvalue weighted by Crippen LogP contribution is 2.55. The Labute approximate surface area is 347 Å². The Hall–Kier alpha value is 3.23. The fourth-order valence-corrected chi connectivity index (χ4v) is 43.3. The minimum absolute atomic E-state index is 0.0541. The third-order valence-electron chi connectivity index (χ3n) is 10.4. The summed E-state index contributed by atoms with van der Waals surface area (Å²) in [5.41, 5.74) is 0. The average molecular weight is 884 g/mol. The lowest BCUT2D eigenvalue weighted by atomic mass is 10.2. The molecule has 0 aromatic carbocycles. The van der Waals surface area contributed by atoms with Crippen molar-refractivity contribution in [2.24, 2.45) is 0 Å². The molecular formula is C40H90S8Si2. The number of hydrogen-bond acceptors (Lipinski definition) is 6. The third kappa shape index (κ3) is 33.4. The lowest BCUT2D eigenvalue weighted by Gasteiger charge is -2.41. The van der Waals surface area contributed by atoms with Gasteiger partial charge >= 0.3 is 0 Å². The summed E-state index contributed by atoms with van der Waals surface area (Å²) in [6, 6.07) is 3.19. The van der Waals surface area contributed by atoms with Crippen LogP contribution in [0.3, 0.4) is 0 Å². The maximum atomic E-state index is 2.38. The molecule has 50 heavy (non-hydrogen) atoms. The first-order valence-corrected chi connectivity index (χ1v) is 39.9. The SMILES string of the molecule is CCCCCCS(CCCCCC)(CCCCCC)[SiH2]CCSSSSSSCC[SiH2]S(CCCCCC)(CCCCCC)CCCCCC. The van der Waals surface area contributed by atoms with Crippen LogP contribution in [-0.4, -0.2) is 63.4 Å². The lowest BCUT2D eigenvalue weighted by Crippen LogP contribution is -2.21. The van der Waals surface area contributed by atoms with Gasteiger partial charge in [0.25, 0.3) is 0 Å². The molecule has 0 aromatic rings. The van der Waals surface area contributed by atoms with Crippen LogP contribution >= 0.6 is 79.8 Å². The second kappa shape index (κ2) is 41.9. The van der Waals surface area contributed by atoms with Crippen LogP contribution in [0.5, 0.6) is 0 Å². The average Bonchev–Trinajstić information content (AvgIpc) is 3.13. The van der Waals surface area contributed by atoms with Gasteiger partial charge in [-0.2, -0.15) is 0 Å². The Kier molecular flexibility index (Phi) is 44.6. The molecule has 306 valence electrons. The van der Waals surface area contributed by atoms with Crippen LogP contribution in [0.15, 0.2) is 0 Å². The molecule has 0 aliphatic carbocycles. The quantitative estimate of drug-likeness (QED) is 0.0337. The molecule has 10 heteroatoms. The maximum Gasteiger partial charge on any atom is 0.0664 e. The molecule has 0 amide bonds. The predicted octanol–water partition coefficient (Wildman–Crippen LogP) is 17.1. The van der Waals surface area contributed by atoms with Crippen molar-refractivity contribution in [3.63, 3.8) is 0 Å². The van der Waals surface area contributed by atoms with E-state index in [0.717, 1.165) is 0 Å². The smallest absolute Gasteiger partial charge is 0.0664 e. The largest absolute Gasteiger partial charge is 0.259 e. The zero-order chi connectivity index (χ0) is 36.7. The number of unbranched alkanes of at least 4 members (excludes halogenated alkanes) is 18. The minimum Gasteiger partial charge on any atom is -0.259 e. The molecule has 0 spiro atoms. The third-order valence-corrected chi connectivity index (χ3v) is 44.5. The highest BCUT2D eigenvalue weighted by molar-refractivity contribution is 9.41. The van der Waals surface area contributed by atoms with Gasteiger partial charge < -0.3 is 0 Å². The highest BCUT2D eigenvalue weighted by atomic mass is 33.9. The van der Waals surface area contributed by atoms with Crippen LogP contribution in [0.1, 0.15) is 196 Å². The van der Waals surface area contributed by atoms with E-state index in [0.29, 0.717) is 0 Å². The molecule has 0 nitrogen and oxygen atoms in total. The first-order chi connectivity index (χ1) is 24.6. The molecule has 0 heterocycles. The molecule has 0 aliphatic rings. The van der Waals surface area contributed by atoms with E-state index in [1.807, 2.05) is 0 Å². The summed E-state index contributed by atoms with van der Waals surface area (Å²) in [5, 5.41) is 0. The van der Waals surface area contributed by atoms with Crippen molar-refractivity contribution in [1.82, 2.24) is 0 Å². The van der Waals surface area contributed by atoms with Crippen LogP contribution in [0, 0.1) is 0 Å². The molecule has 0 aromatic heterocycles. The van der Waals surface area contributed by atoms with Gasteiger partial charge in [-0.05, 0) is 124 Å². The van der Waals surface area contributed by atoms with Gasteiger partial charge in [-0.15, -0.1) is 0 Å². The summed E-state index contributed by atoms with van der Waals surface area (Å²) in [5.74, 6) is 12.7. The van der Waals surface area contributed by atoms with E-state index in [2.05, 4.69) is 102 Å². The van der Waals surface area contributed by atoms with Gasteiger partial charge in [-0.1, -0.05) is 179 Å². The Balaban J connectivity index is 4.63. The van der Waals surface area contributed by atoms with Crippen molar-refractivity contribution in [2.75, 3.05) is 46.0 Å². The standard InChI is InChI=1S/C40H90S8Si2/c1-7-13-19-25-33-47(34-26-20-14-8-2,35-27-21-15-9-3)49-39-31-41-43-45-46-44-42-32-40-50-48(36-28-22-16-10-4,37-29-23-17-11-5)38-30-24-18-12-6/h7-40,49-50H2,1-6H3. The Morgan fingerprint density at radius 2 is 0.540 bits per heavy atom. The van der Waals surface area contributed by atoms with Crippen LogP contribution in [0.4, 0.5) is 0 Å². The second-order valence-corrected chi connectivity index (χ2v) is 44.2. The fourth-order valence-electron chi connectivity index (χ4n) is 7.21. The van der Waals surface area contributed by atoms with Crippen molar-refractivity contribution >= 4 is 97.2 Å². The Bertz CT molecular complexity index is 544. The molecule has 0 saturated carbocycles. The first kappa shape index (κ1) is 53.2.